The van der Waals surface area contributed by atoms with Gasteiger partial charge in [-0.3, -0.25) is 4.79 Å². The molecule has 0 aliphatic heterocycles. The number of rotatable bonds is 6. The van der Waals surface area contributed by atoms with E-state index in [2.05, 4.69) is 5.32 Å². The Balaban J connectivity index is 1.45. The van der Waals surface area contributed by atoms with E-state index in [-0.39, 0.29) is 18.4 Å². The summed E-state index contributed by atoms with van der Waals surface area (Å²) in [5.74, 6) is -0.0983. The molecule has 0 saturated heterocycles. The van der Waals surface area contributed by atoms with Crippen LogP contribution in [0.15, 0.2) is 54.6 Å². The molecule has 23 heavy (non-hydrogen) atoms. The van der Waals surface area contributed by atoms with Gasteiger partial charge in [-0.05, 0) is 16.7 Å². The summed E-state index contributed by atoms with van der Waals surface area (Å²) < 4.78 is 5.53. The summed E-state index contributed by atoms with van der Waals surface area (Å²) in [6.45, 7) is 0.869. The highest BCUT2D eigenvalue weighted by atomic mass is 16.5. The Morgan fingerprint density at radius 2 is 1.87 bits per heavy atom. The lowest BCUT2D eigenvalue weighted by molar-refractivity contribution is -0.123. The van der Waals surface area contributed by atoms with Gasteiger partial charge in [0.1, 0.15) is 0 Å². The highest BCUT2D eigenvalue weighted by molar-refractivity contribution is 5.76. The normalized spacial score (nSPS) is 19.3. The monoisotopic (exact) mass is 311 g/mol. The fourth-order valence-corrected chi connectivity index (χ4v) is 2.92. The average molecular weight is 311 g/mol. The van der Waals surface area contributed by atoms with Crippen molar-refractivity contribution in [3.63, 3.8) is 0 Å². The number of carbonyl (C=O) groups is 1. The average Bonchev–Trinajstić information content (AvgIpc) is 2.88. The van der Waals surface area contributed by atoms with E-state index < -0.39 is 6.10 Å². The molecule has 2 aromatic rings. The molecule has 1 amide bonds. The van der Waals surface area contributed by atoms with Crippen molar-refractivity contribution in [1.82, 2.24) is 5.32 Å². The first-order valence-electron chi connectivity index (χ1n) is 7.91. The smallest absolute Gasteiger partial charge is 0.222 e. The van der Waals surface area contributed by atoms with E-state index in [4.69, 9.17) is 4.74 Å². The van der Waals surface area contributed by atoms with Crippen LogP contribution in [-0.4, -0.2) is 23.7 Å². The van der Waals surface area contributed by atoms with E-state index in [0.29, 0.717) is 19.6 Å². The molecule has 0 saturated carbocycles. The highest BCUT2D eigenvalue weighted by Crippen LogP contribution is 2.31. The third-order valence-electron chi connectivity index (χ3n) is 4.11. The molecule has 3 rings (SSSR count). The molecule has 2 aromatic carbocycles. The van der Waals surface area contributed by atoms with E-state index in [0.717, 1.165) is 16.7 Å². The molecule has 2 atom stereocenters. The molecule has 0 heterocycles. The van der Waals surface area contributed by atoms with Gasteiger partial charge < -0.3 is 15.2 Å². The molecule has 120 valence electrons. The predicted octanol–water partition coefficient (Wildman–Crippen LogP) is 2.37. The molecule has 0 radical (unpaired) electrons. The second kappa shape index (κ2) is 7.40. The first-order chi connectivity index (χ1) is 11.2. The minimum absolute atomic E-state index is 0.0983. The van der Waals surface area contributed by atoms with Gasteiger partial charge in [-0.1, -0.05) is 54.6 Å². The Morgan fingerprint density at radius 3 is 2.70 bits per heavy atom. The van der Waals surface area contributed by atoms with Crippen LogP contribution < -0.4 is 5.32 Å². The number of aliphatic hydroxyl groups is 1. The minimum Gasteiger partial charge on any atom is -0.390 e. The number of hydrogen-bond donors (Lipinski definition) is 2. The second-order valence-corrected chi connectivity index (χ2v) is 5.80. The van der Waals surface area contributed by atoms with Gasteiger partial charge in [-0.25, -0.2) is 0 Å². The first-order valence-corrected chi connectivity index (χ1v) is 7.91. The number of hydrogen-bond acceptors (Lipinski definition) is 3. The molecule has 4 heteroatoms. The van der Waals surface area contributed by atoms with Crippen LogP contribution in [0.4, 0.5) is 0 Å². The minimum atomic E-state index is -0.554. The molecule has 0 aromatic heterocycles. The van der Waals surface area contributed by atoms with Gasteiger partial charge in [-0.2, -0.15) is 0 Å². The molecule has 1 aliphatic rings. The maximum absolute atomic E-state index is 12.1. The Bertz CT molecular complexity index is 657. The van der Waals surface area contributed by atoms with Gasteiger partial charge in [-0.15, -0.1) is 0 Å². The zero-order valence-corrected chi connectivity index (χ0v) is 12.9. The highest BCUT2D eigenvalue weighted by Gasteiger charge is 2.31. The molecule has 0 bridgehead atoms. The van der Waals surface area contributed by atoms with Gasteiger partial charge in [0.05, 0.1) is 25.4 Å². The Hall–Kier alpha value is -2.17. The number of fused-ring (bicyclic) bond motifs is 1. The molecular weight excluding hydrogens is 290 g/mol. The van der Waals surface area contributed by atoms with Crippen LogP contribution in [0.3, 0.4) is 0 Å². The molecule has 1 aliphatic carbocycles. The van der Waals surface area contributed by atoms with Gasteiger partial charge in [0.15, 0.2) is 0 Å². The summed E-state index contributed by atoms with van der Waals surface area (Å²) in [6.07, 6.45) is 0.325. The van der Waals surface area contributed by atoms with Crippen LogP contribution in [-0.2, 0) is 22.6 Å². The van der Waals surface area contributed by atoms with Crippen molar-refractivity contribution in [3.8, 4) is 0 Å². The van der Waals surface area contributed by atoms with Crippen molar-refractivity contribution < 1.29 is 14.6 Å². The quantitative estimate of drug-likeness (QED) is 0.805. The van der Waals surface area contributed by atoms with Crippen LogP contribution in [0.1, 0.15) is 29.2 Å². The number of amides is 1. The van der Waals surface area contributed by atoms with Gasteiger partial charge in [0.2, 0.25) is 5.91 Å². The predicted molar refractivity (Wildman–Crippen MR) is 87.8 cm³/mol. The zero-order chi connectivity index (χ0) is 16.1. The summed E-state index contributed by atoms with van der Waals surface area (Å²) in [5, 5.41) is 13.0. The van der Waals surface area contributed by atoms with Gasteiger partial charge in [0, 0.05) is 12.8 Å². The summed E-state index contributed by atoms with van der Waals surface area (Å²) in [5.41, 5.74) is 3.21. The summed E-state index contributed by atoms with van der Waals surface area (Å²) >= 11 is 0. The van der Waals surface area contributed by atoms with E-state index >= 15 is 0 Å². The molecule has 0 fully saturated rings. The Kier molecular flexibility index (Phi) is 5.05. The van der Waals surface area contributed by atoms with E-state index in [1.165, 1.54) is 0 Å². The van der Waals surface area contributed by atoms with E-state index in [1.54, 1.807) is 0 Å². The lowest BCUT2D eigenvalue weighted by Gasteiger charge is -2.18. The SMILES string of the molecule is O=C(CCOCc1ccccc1)N[C@H]1c2ccccc2C[C@H]1O. The molecule has 0 spiro atoms. The van der Waals surface area contributed by atoms with Crippen LogP contribution in [0, 0.1) is 0 Å². The maximum atomic E-state index is 12.1. The summed E-state index contributed by atoms with van der Waals surface area (Å²) in [6, 6.07) is 17.4. The summed E-state index contributed by atoms with van der Waals surface area (Å²) in [7, 11) is 0. The van der Waals surface area contributed by atoms with Crippen molar-refractivity contribution in [3.05, 3.63) is 71.3 Å². The van der Waals surface area contributed by atoms with Crippen LogP contribution in [0.2, 0.25) is 0 Å². The Labute approximate surface area is 136 Å². The Morgan fingerprint density at radius 1 is 1.13 bits per heavy atom. The van der Waals surface area contributed by atoms with Crippen LogP contribution in [0.25, 0.3) is 0 Å². The fourth-order valence-electron chi connectivity index (χ4n) is 2.92. The lowest BCUT2D eigenvalue weighted by atomic mass is 10.1. The van der Waals surface area contributed by atoms with Crippen molar-refractivity contribution in [2.75, 3.05) is 6.61 Å². The second-order valence-electron chi connectivity index (χ2n) is 5.80. The topological polar surface area (TPSA) is 58.6 Å². The molecular formula is C19H21NO3. The van der Waals surface area contributed by atoms with Crippen molar-refractivity contribution in [2.24, 2.45) is 0 Å². The molecule has 0 unspecified atom stereocenters. The van der Waals surface area contributed by atoms with E-state index in [1.807, 2.05) is 54.6 Å². The van der Waals surface area contributed by atoms with Crippen molar-refractivity contribution >= 4 is 5.91 Å². The third-order valence-corrected chi connectivity index (χ3v) is 4.11. The molecule has 4 nitrogen and oxygen atoms in total. The molecule has 2 N–H and O–H groups in total. The third kappa shape index (κ3) is 3.97. The van der Waals surface area contributed by atoms with Crippen LogP contribution >= 0.6 is 0 Å². The van der Waals surface area contributed by atoms with Crippen molar-refractivity contribution in [2.45, 2.75) is 31.6 Å². The first kappa shape index (κ1) is 15.7. The number of benzene rings is 2. The number of aliphatic hydroxyl groups excluding tert-OH is 1. The lowest BCUT2D eigenvalue weighted by Crippen LogP contribution is -2.34. The fraction of sp³-hybridized carbons (Fsp3) is 0.316. The van der Waals surface area contributed by atoms with Gasteiger partial charge in [0.25, 0.3) is 0 Å². The van der Waals surface area contributed by atoms with Crippen LogP contribution in [0.5, 0.6) is 0 Å². The maximum Gasteiger partial charge on any atom is 0.222 e. The largest absolute Gasteiger partial charge is 0.390 e. The van der Waals surface area contributed by atoms with E-state index in [9.17, 15) is 9.90 Å². The van der Waals surface area contributed by atoms with Gasteiger partial charge >= 0.3 is 0 Å². The summed E-state index contributed by atoms with van der Waals surface area (Å²) in [4.78, 5) is 12.1. The van der Waals surface area contributed by atoms with Crippen molar-refractivity contribution in [1.29, 1.82) is 0 Å². The standard InChI is InChI=1S/C19H21NO3/c21-17-12-15-8-4-5-9-16(15)19(17)20-18(22)10-11-23-13-14-6-2-1-3-7-14/h1-9,17,19,21H,10-13H2,(H,20,22)/t17-,19+/m1/s1. The number of ether oxygens (including phenoxy) is 1. The number of carbonyl (C=O) groups excluding carboxylic acids is 1. The number of nitrogens with one attached hydrogen (secondary N) is 1. The zero-order valence-electron chi connectivity index (χ0n) is 12.9.